The molecule has 0 bridgehead atoms. The van der Waals surface area contributed by atoms with E-state index in [1.54, 1.807) is 0 Å². The highest BCUT2D eigenvalue weighted by molar-refractivity contribution is 5.98. The van der Waals surface area contributed by atoms with Crippen LogP contribution in [-0.2, 0) is 4.79 Å². The number of carbonyl (C=O) groups excluding carboxylic acids is 1. The first-order valence-corrected chi connectivity index (χ1v) is 5.13. The fourth-order valence-corrected chi connectivity index (χ4v) is 1.16. The first-order chi connectivity index (χ1) is 8.59. The first-order valence-electron chi connectivity index (χ1n) is 5.13. The second kappa shape index (κ2) is 4.96. The number of carbonyl (C=O) groups is 1. The molecule has 19 heavy (non-hydrogen) atoms. The number of aromatic hydroxyl groups is 1. The van der Waals surface area contributed by atoms with Gasteiger partial charge in [0.15, 0.2) is 17.0 Å². The third kappa shape index (κ3) is 3.08. The molecule has 0 heterocycles. The molecule has 0 aromatic heterocycles. The molecule has 8 heteroatoms. The largest absolute Gasteiger partial charge is 0.504 e. The van der Waals surface area contributed by atoms with Crippen LogP contribution >= 0.6 is 0 Å². The van der Waals surface area contributed by atoms with Crippen LogP contribution in [0, 0.1) is 0 Å². The Balaban J connectivity index is 2.92. The van der Waals surface area contributed by atoms with Gasteiger partial charge in [-0.2, -0.15) is 13.2 Å². The smallest absolute Gasteiger partial charge is 0.415 e. The molecule has 1 amide bonds. The van der Waals surface area contributed by atoms with E-state index in [-0.39, 0.29) is 17.2 Å². The fraction of sp³-hybridized carbons (Fsp3) is 0.364. The molecule has 1 rings (SSSR count). The van der Waals surface area contributed by atoms with E-state index in [2.05, 4.69) is 0 Å². The van der Waals surface area contributed by atoms with Crippen molar-refractivity contribution in [3.05, 3.63) is 18.2 Å². The van der Waals surface area contributed by atoms with E-state index in [1.807, 2.05) is 5.32 Å². The zero-order valence-corrected chi connectivity index (χ0v) is 10.2. The summed E-state index contributed by atoms with van der Waals surface area (Å²) in [7, 11) is 1.31. The first kappa shape index (κ1) is 15.1. The van der Waals surface area contributed by atoms with Crippen LogP contribution in [0.3, 0.4) is 0 Å². The van der Waals surface area contributed by atoms with E-state index in [0.717, 1.165) is 6.07 Å². The van der Waals surface area contributed by atoms with Crippen molar-refractivity contribution in [3.8, 4) is 11.5 Å². The van der Waals surface area contributed by atoms with Crippen LogP contribution < -0.4 is 15.8 Å². The van der Waals surface area contributed by atoms with Crippen LogP contribution in [0.1, 0.15) is 6.92 Å². The molecule has 1 aromatic rings. The summed E-state index contributed by atoms with van der Waals surface area (Å²) in [5.41, 5.74) is 1.91. The van der Waals surface area contributed by atoms with Crippen LogP contribution in [-0.4, -0.2) is 29.8 Å². The molecule has 0 saturated heterocycles. The molecule has 0 radical (unpaired) electrons. The number of hydrogen-bond acceptors (Lipinski definition) is 4. The van der Waals surface area contributed by atoms with Gasteiger partial charge in [0, 0.05) is 11.8 Å². The molecule has 0 fully saturated rings. The maximum absolute atomic E-state index is 12.5. The number of phenolic OH excluding ortho intramolecular Hbond substituents is 1. The van der Waals surface area contributed by atoms with Gasteiger partial charge in [-0.25, -0.2) is 0 Å². The molecule has 0 spiro atoms. The molecular weight excluding hydrogens is 265 g/mol. The maximum Gasteiger partial charge on any atom is 0.415 e. The lowest BCUT2D eigenvalue weighted by Crippen LogP contribution is -2.59. The van der Waals surface area contributed by atoms with Gasteiger partial charge < -0.3 is 20.9 Å². The van der Waals surface area contributed by atoms with Crippen molar-refractivity contribution in [1.82, 2.24) is 0 Å². The number of hydrogen-bond donors (Lipinski definition) is 3. The van der Waals surface area contributed by atoms with Gasteiger partial charge in [-0.05, 0) is 19.1 Å². The average Bonchev–Trinajstić information content (AvgIpc) is 2.27. The number of ether oxygens (including phenoxy) is 1. The molecule has 1 aromatic carbocycles. The summed E-state index contributed by atoms with van der Waals surface area (Å²) < 4.78 is 42.3. The third-order valence-corrected chi connectivity index (χ3v) is 2.50. The molecular formula is C11H13F3N2O3. The minimum absolute atomic E-state index is 0.0239. The fourth-order valence-electron chi connectivity index (χ4n) is 1.16. The number of halogens is 3. The molecule has 0 aliphatic heterocycles. The number of nitrogens with one attached hydrogen (secondary N) is 1. The Morgan fingerprint density at radius 1 is 1.42 bits per heavy atom. The van der Waals surface area contributed by atoms with E-state index in [9.17, 15) is 23.1 Å². The van der Waals surface area contributed by atoms with E-state index in [4.69, 9.17) is 10.5 Å². The van der Waals surface area contributed by atoms with E-state index < -0.39 is 17.6 Å². The lowest BCUT2D eigenvalue weighted by atomic mass is 10.0. The Kier molecular flexibility index (Phi) is 3.94. The summed E-state index contributed by atoms with van der Waals surface area (Å²) in [5.74, 6) is -1.61. The van der Waals surface area contributed by atoms with Gasteiger partial charge in [0.2, 0.25) is 0 Å². The topological polar surface area (TPSA) is 84.6 Å². The van der Waals surface area contributed by atoms with Gasteiger partial charge in [-0.3, -0.25) is 4.79 Å². The summed E-state index contributed by atoms with van der Waals surface area (Å²) in [5, 5.41) is 11.4. The molecule has 1 atom stereocenters. The van der Waals surface area contributed by atoms with Gasteiger partial charge in [0.25, 0.3) is 5.91 Å². The van der Waals surface area contributed by atoms with Crippen molar-refractivity contribution in [2.75, 3.05) is 12.4 Å². The maximum atomic E-state index is 12.5. The normalized spacial score (nSPS) is 14.6. The summed E-state index contributed by atoms with van der Waals surface area (Å²) >= 11 is 0. The quantitative estimate of drug-likeness (QED) is 0.784. The number of phenols is 1. The molecule has 5 nitrogen and oxygen atoms in total. The zero-order valence-electron chi connectivity index (χ0n) is 10.2. The summed E-state index contributed by atoms with van der Waals surface area (Å²) in [6.45, 7) is 0.561. The second-order valence-corrected chi connectivity index (χ2v) is 4.04. The number of rotatable bonds is 3. The average molecular weight is 278 g/mol. The highest BCUT2D eigenvalue weighted by Crippen LogP contribution is 2.31. The van der Waals surface area contributed by atoms with Gasteiger partial charge in [0.1, 0.15) is 0 Å². The Morgan fingerprint density at radius 3 is 2.42 bits per heavy atom. The molecule has 0 aliphatic carbocycles. The Morgan fingerprint density at radius 2 is 2.00 bits per heavy atom. The van der Waals surface area contributed by atoms with Crippen LogP contribution in [0.25, 0.3) is 0 Å². The lowest BCUT2D eigenvalue weighted by Gasteiger charge is -2.26. The Bertz CT molecular complexity index is 487. The number of alkyl halides is 3. The van der Waals surface area contributed by atoms with Crippen LogP contribution in [0.5, 0.6) is 11.5 Å². The summed E-state index contributed by atoms with van der Waals surface area (Å²) in [4.78, 5) is 11.5. The molecule has 0 aliphatic rings. The van der Waals surface area contributed by atoms with E-state index in [1.165, 1.54) is 19.2 Å². The summed E-state index contributed by atoms with van der Waals surface area (Å²) in [6, 6.07) is 3.64. The van der Waals surface area contributed by atoms with Crippen molar-refractivity contribution in [2.45, 2.75) is 18.6 Å². The number of methoxy groups -OCH3 is 1. The van der Waals surface area contributed by atoms with Crippen molar-refractivity contribution < 1.29 is 27.8 Å². The predicted molar refractivity (Wildman–Crippen MR) is 61.9 cm³/mol. The van der Waals surface area contributed by atoms with Gasteiger partial charge in [-0.1, -0.05) is 0 Å². The molecule has 4 N–H and O–H groups in total. The van der Waals surface area contributed by atoms with Crippen molar-refractivity contribution in [3.63, 3.8) is 0 Å². The van der Waals surface area contributed by atoms with Crippen LogP contribution in [0.15, 0.2) is 18.2 Å². The number of benzene rings is 1. The zero-order chi connectivity index (χ0) is 14.8. The minimum Gasteiger partial charge on any atom is -0.504 e. The number of amides is 1. The minimum atomic E-state index is -4.88. The Labute approximate surface area is 107 Å². The monoisotopic (exact) mass is 278 g/mol. The van der Waals surface area contributed by atoms with Crippen molar-refractivity contribution in [2.24, 2.45) is 5.73 Å². The highest BCUT2D eigenvalue weighted by atomic mass is 19.4. The predicted octanol–water partition coefficient (Wildman–Crippen LogP) is 1.62. The van der Waals surface area contributed by atoms with E-state index in [0.29, 0.717) is 6.92 Å². The van der Waals surface area contributed by atoms with Gasteiger partial charge in [0.05, 0.1) is 7.11 Å². The molecule has 106 valence electrons. The van der Waals surface area contributed by atoms with Crippen LogP contribution in [0.2, 0.25) is 0 Å². The Hall–Kier alpha value is -1.96. The van der Waals surface area contributed by atoms with Crippen molar-refractivity contribution in [1.29, 1.82) is 0 Å². The molecule has 1 unspecified atom stereocenters. The van der Waals surface area contributed by atoms with Gasteiger partial charge in [-0.15, -0.1) is 0 Å². The molecule has 0 saturated carbocycles. The highest BCUT2D eigenvalue weighted by Gasteiger charge is 2.53. The number of anilines is 1. The van der Waals surface area contributed by atoms with Gasteiger partial charge >= 0.3 is 6.18 Å². The standard InChI is InChI=1S/C11H13F3N2O3/c1-10(15,11(12,13)14)9(18)16-6-3-4-8(19-2)7(17)5-6/h3-5,17H,15H2,1-2H3,(H,16,18). The van der Waals surface area contributed by atoms with Crippen molar-refractivity contribution >= 4 is 11.6 Å². The van der Waals surface area contributed by atoms with Crippen LogP contribution in [0.4, 0.5) is 18.9 Å². The lowest BCUT2D eigenvalue weighted by molar-refractivity contribution is -0.184. The third-order valence-electron chi connectivity index (χ3n) is 2.50. The SMILES string of the molecule is COc1ccc(NC(=O)C(C)(N)C(F)(F)F)cc1O. The number of nitrogens with two attached hydrogens (primary N) is 1. The second-order valence-electron chi connectivity index (χ2n) is 4.04. The summed E-state index contributed by atoms with van der Waals surface area (Å²) in [6.07, 6.45) is -4.88. The van der Waals surface area contributed by atoms with E-state index >= 15 is 0 Å².